The van der Waals surface area contributed by atoms with Gasteiger partial charge in [0.2, 0.25) is 5.91 Å². The summed E-state index contributed by atoms with van der Waals surface area (Å²) >= 11 is 0. The van der Waals surface area contributed by atoms with E-state index in [1.54, 1.807) is 13.3 Å². The zero-order valence-corrected chi connectivity index (χ0v) is 17.5. The lowest BCUT2D eigenvalue weighted by molar-refractivity contribution is -0.116. The standard InChI is InChI=1S/C24H26N4O2/c1-16(2)28-22(14-15-25-28)27-23(29)13-12-20-19-6-4-5-7-21(19)26-24(20)17-8-10-18(30-3)11-9-17/h4-11,14-16,26H,12-13H2,1-3H3,(H,27,29). The molecular formula is C24H26N4O2. The van der Waals surface area contributed by atoms with E-state index in [-0.39, 0.29) is 11.9 Å². The Labute approximate surface area is 175 Å². The molecule has 4 aromatic rings. The van der Waals surface area contributed by atoms with E-state index in [9.17, 15) is 4.79 Å². The number of aromatic nitrogens is 3. The van der Waals surface area contributed by atoms with Crippen molar-refractivity contribution in [2.45, 2.75) is 32.7 Å². The molecule has 0 bridgehead atoms. The van der Waals surface area contributed by atoms with E-state index in [4.69, 9.17) is 4.74 Å². The number of amides is 1. The van der Waals surface area contributed by atoms with Crippen molar-refractivity contribution < 1.29 is 9.53 Å². The number of methoxy groups -OCH3 is 1. The SMILES string of the molecule is COc1ccc(-c2[nH]c3ccccc3c2CCC(=O)Nc2ccnn2C(C)C)cc1. The van der Waals surface area contributed by atoms with Crippen molar-refractivity contribution in [1.29, 1.82) is 0 Å². The molecule has 0 radical (unpaired) electrons. The van der Waals surface area contributed by atoms with Crippen LogP contribution in [-0.4, -0.2) is 27.8 Å². The molecule has 2 aromatic heterocycles. The van der Waals surface area contributed by atoms with E-state index in [2.05, 4.69) is 27.5 Å². The minimum Gasteiger partial charge on any atom is -0.497 e. The maximum Gasteiger partial charge on any atom is 0.225 e. The zero-order chi connectivity index (χ0) is 21.1. The Balaban J connectivity index is 1.58. The van der Waals surface area contributed by atoms with Gasteiger partial charge in [0.05, 0.1) is 13.3 Å². The summed E-state index contributed by atoms with van der Waals surface area (Å²) in [4.78, 5) is 16.2. The van der Waals surface area contributed by atoms with Crippen molar-refractivity contribution in [3.8, 4) is 17.0 Å². The number of H-pyrrole nitrogens is 1. The van der Waals surface area contributed by atoms with Gasteiger partial charge in [-0.25, -0.2) is 4.68 Å². The first-order valence-corrected chi connectivity index (χ1v) is 10.1. The molecule has 0 unspecified atom stereocenters. The first-order valence-electron chi connectivity index (χ1n) is 10.1. The fraction of sp³-hybridized carbons (Fsp3) is 0.250. The molecule has 0 aliphatic carbocycles. The smallest absolute Gasteiger partial charge is 0.225 e. The summed E-state index contributed by atoms with van der Waals surface area (Å²) in [6.07, 6.45) is 2.72. The molecule has 154 valence electrons. The summed E-state index contributed by atoms with van der Waals surface area (Å²) in [5, 5.41) is 8.41. The molecule has 0 atom stereocenters. The van der Waals surface area contributed by atoms with Crippen molar-refractivity contribution in [3.63, 3.8) is 0 Å². The molecule has 0 fully saturated rings. The average Bonchev–Trinajstić information content (AvgIpc) is 3.37. The van der Waals surface area contributed by atoms with E-state index in [0.717, 1.165) is 39.3 Å². The van der Waals surface area contributed by atoms with Gasteiger partial charge in [-0.15, -0.1) is 0 Å². The number of nitrogens with one attached hydrogen (secondary N) is 2. The molecule has 30 heavy (non-hydrogen) atoms. The van der Waals surface area contributed by atoms with Gasteiger partial charge in [-0.3, -0.25) is 4.79 Å². The Hall–Kier alpha value is -3.54. The fourth-order valence-corrected chi connectivity index (χ4v) is 3.73. The summed E-state index contributed by atoms with van der Waals surface area (Å²) in [6.45, 7) is 4.07. The van der Waals surface area contributed by atoms with Crippen molar-refractivity contribution in [3.05, 3.63) is 66.4 Å². The number of rotatable bonds is 7. The molecule has 0 aliphatic rings. The predicted octanol–water partition coefficient (Wildman–Crippen LogP) is 5.19. The van der Waals surface area contributed by atoms with Crippen molar-refractivity contribution in [2.75, 3.05) is 12.4 Å². The molecular weight excluding hydrogens is 376 g/mol. The van der Waals surface area contributed by atoms with Gasteiger partial charge < -0.3 is 15.0 Å². The number of aryl methyl sites for hydroxylation is 1. The summed E-state index contributed by atoms with van der Waals surface area (Å²) in [5.41, 5.74) is 4.32. The Morgan fingerprint density at radius 1 is 1.13 bits per heavy atom. The first-order chi connectivity index (χ1) is 14.6. The van der Waals surface area contributed by atoms with Crippen LogP contribution in [0.1, 0.15) is 31.9 Å². The van der Waals surface area contributed by atoms with Crippen LogP contribution in [0.4, 0.5) is 5.82 Å². The molecule has 0 aliphatic heterocycles. The monoisotopic (exact) mass is 402 g/mol. The number of aromatic amines is 1. The number of hydrogen-bond donors (Lipinski definition) is 2. The number of fused-ring (bicyclic) bond motifs is 1. The third-order valence-corrected chi connectivity index (χ3v) is 5.22. The van der Waals surface area contributed by atoms with Gasteiger partial charge in [0, 0.05) is 35.1 Å². The summed E-state index contributed by atoms with van der Waals surface area (Å²) in [6, 6.07) is 18.2. The second-order valence-corrected chi connectivity index (χ2v) is 7.56. The van der Waals surface area contributed by atoms with Gasteiger partial charge in [0.25, 0.3) is 0 Å². The Morgan fingerprint density at radius 2 is 1.90 bits per heavy atom. The molecule has 2 aromatic carbocycles. The number of ether oxygens (including phenoxy) is 1. The second kappa shape index (κ2) is 8.45. The van der Waals surface area contributed by atoms with Crippen LogP contribution in [0.2, 0.25) is 0 Å². The number of carbonyl (C=O) groups excluding carboxylic acids is 1. The van der Waals surface area contributed by atoms with Gasteiger partial charge >= 0.3 is 0 Å². The lowest BCUT2D eigenvalue weighted by atomic mass is 10.0. The van der Waals surface area contributed by atoms with E-state index in [1.165, 1.54) is 0 Å². The van der Waals surface area contributed by atoms with Gasteiger partial charge in [-0.05, 0) is 61.7 Å². The summed E-state index contributed by atoms with van der Waals surface area (Å²) in [5.74, 6) is 1.52. The third kappa shape index (κ3) is 3.94. The fourth-order valence-electron chi connectivity index (χ4n) is 3.73. The van der Waals surface area contributed by atoms with Gasteiger partial charge in [-0.1, -0.05) is 18.2 Å². The van der Waals surface area contributed by atoms with Crippen molar-refractivity contribution in [1.82, 2.24) is 14.8 Å². The maximum atomic E-state index is 12.7. The van der Waals surface area contributed by atoms with Gasteiger partial charge in [0.1, 0.15) is 11.6 Å². The normalized spacial score (nSPS) is 11.2. The van der Waals surface area contributed by atoms with E-state index >= 15 is 0 Å². The number of nitrogens with zero attached hydrogens (tertiary/aromatic N) is 2. The molecule has 1 amide bonds. The van der Waals surface area contributed by atoms with Gasteiger partial charge in [-0.2, -0.15) is 5.10 Å². The van der Waals surface area contributed by atoms with Crippen molar-refractivity contribution >= 4 is 22.6 Å². The summed E-state index contributed by atoms with van der Waals surface area (Å²) in [7, 11) is 1.66. The summed E-state index contributed by atoms with van der Waals surface area (Å²) < 4.78 is 7.09. The highest BCUT2D eigenvalue weighted by Gasteiger charge is 2.16. The van der Waals surface area contributed by atoms with Crippen LogP contribution in [0.3, 0.4) is 0 Å². The largest absolute Gasteiger partial charge is 0.497 e. The topological polar surface area (TPSA) is 71.9 Å². The van der Waals surface area contributed by atoms with E-state index in [1.807, 2.05) is 61.0 Å². The molecule has 0 saturated carbocycles. The molecule has 2 N–H and O–H groups in total. The molecule has 0 spiro atoms. The first kappa shape index (κ1) is 19.8. The lowest BCUT2D eigenvalue weighted by Crippen LogP contribution is -2.17. The van der Waals surface area contributed by atoms with Crippen LogP contribution in [-0.2, 0) is 11.2 Å². The maximum absolute atomic E-state index is 12.7. The van der Waals surface area contributed by atoms with Crippen LogP contribution < -0.4 is 10.1 Å². The minimum atomic E-state index is -0.0247. The Bertz CT molecular complexity index is 1160. The third-order valence-electron chi connectivity index (χ3n) is 5.22. The molecule has 0 saturated heterocycles. The van der Waals surface area contributed by atoms with E-state index < -0.39 is 0 Å². The lowest BCUT2D eigenvalue weighted by Gasteiger charge is -2.12. The highest BCUT2D eigenvalue weighted by atomic mass is 16.5. The number of benzene rings is 2. The Kier molecular flexibility index (Phi) is 5.57. The molecule has 4 rings (SSSR count). The zero-order valence-electron chi connectivity index (χ0n) is 17.5. The highest BCUT2D eigenvalue weighted by molar-refractivity contribution is 5.93. The number of anilines is 1. The quantitative estimate of drug-likeness (QED) is 0.447. The Morgan fingerprint density at radius 3 is 2.63 bits per heavy atom. The van der Waals surface area contributed by atoms with Gasteiger partial charge in [0.15, 0.2) is 0 Å². The minimum absolute atomic E-state index is 0.0247. The van der Waals surface area contributed by atoms with Crippen molar-refractivity contribution in [2.24, 2.45) is 0 Å². The van der Waals surface area contributed by atoms with Crippen LogP contribution in [0.25, 0.3) is 22.2 Å². The molecule has 2 heterocycles. The van der Waals surface area contributed by atoms with E-state index in [0.29, 0.717) is 12.8 Å². The number of carbonyl (C=O) groups is 1. The molecule has 6 nitrogen and oxygen atoms in total. The second-order valence-electron chi connectivity index (χ2n) is 7.56. The molecule has 6 heteroatoms. The highest BCUT2D eigenvalue weighted by Crippen LogP contribution is 2.32. The predicted molar refractivity (Wildman–Crippen MR) is 120 cm³/mol. The van der Waals surface area contributed by atoms with Crippen LogP contribution in [0, 0.1) is 0 Å². The average molecular weight is 402 g/mol. The number of para-hydroxylation sites is 1. The van der Waals surface area contributed by atoms with Crippen LogP contribution >= 0.6 is 0 Å². The number of hydrogen-bond acceptors (Lipinski definition) is 3. The van der Waals surface area contributed by atoms with Crippen LogP contribution in [0.15, 0.2) is 60.8 Å². The van der Waals surface area contributed by atoms with Crippen LogP contribution in [0.5, 0.6) is 5.75 Å².